The number of rotatable bonds is 10. The van der Waals surface area contributed by atoms with Gasteiger partial charge in [-0.25, -0.2) is 18.1 Å². The first-order valence-electron chi connectivity index (χ1n) is 9.86. The number of methoxy groups -OCH3 is 1. The van der Waals surface area contributed by atoms with Crippen molar-refractivity contribution in [2.45, 2.75) is 19.6 Å². The highest BCUT2D eigenvalue weighted by atomic mass is 32.2. The predicted molar refractivity (Wildman–Crippen MR) is 123 cm³/mol. The largest absolute Gasteiger partial charge is 0.497 e. The Morgan fingerprint density at radius 2 is 1.65 bits per heavy atom. The number of anilines is 3. The van der Waals surface area contributed by atoms with Gasteiger partial charge in [-0.05, 0) is 43.7 Å². The van der Waals surface area contributed by atoms with Crippen LogP contribution >= 0.6 is 0 Å². The van der Waals surface area contributed by atoms with Gasteiger partial charge < -0.3 is 15.4 Å². The van der Waals surface area contributed by atoms with Gasteiger partial charge >= 0.3 is 0 Å². The summed E-state index contributed by atoms with van der Waals surface area (Å²) in [7, 11) is -1.80. The lowest BCUT2D eigenvalue weighted by atomic mass is 10.2. The van der Waals surface area contributed by atoms with Crippen LogP contribution in [-0.2, 0) is 15.8 Å². The minimum atomic E-state index is -3.42. The SMILES string of the molecule is COc1ccc(Nc2cc(C)nc(NCCNS(=O)(=O)Cc3ccc(C)cc3)n2)cc1. The number of benzene rings is 2. The highest BCUT2D eigenvalue weighted by Gasteiger charge is 2.11. The number of hydrogen-bond donors (Lipinski definition) is 3. The molecule has 0 bridgehead atoms. The Bertz CT molecular complexity index is 1100. The molecule has 0 spiro atoms. The van der Waals surface area contributed by atoms with Crippen LogP contribution in [0.15, 0.2) is 54.6 Å². The quantitative estimate of drug-likeness (QED) is 0.414. The summed E-state index contributed by atoms with van der Waals surface area (Å²) in [6.07, 6.45) is 0. The first-order valence-corrected chi connectivity index (χ1v) is 11.5. The fraction of sp³-hybridized carbons (Fsp3) is 0.273. The molecule has 1 aromatic heterocycles. The second-order valence-electron chi connectivity index (χ2n) is 7.14. The van der Waals surface area contributed by atoms with Gasteiger partial charge in [0, 0.05) is 30.5 Å². The Morgan fingerprint density at radius 3 is 2.32 bits per heavy atom. The van der Waals surface area contributed by atoms with Crippen molar-refractivity contribution >= 4 is 27.5 Å². The summed E-state index contributed by atoms with van der Waals surface area (Å²) in [6.45, 7) is 4.43. The Labute approximate surface area is 183 Å². The molecule has 0 radical (unpaired) electrons. The molecule has 0 aliphatic carbocycles. The van der Waals surface area contributed by atoms with Crippen molar-refractivity contribution < 1.29 is 13.2 Å². The van der Waals surface area contributed by atoms with E-state index in [1.165, 1.54) is 0 Å². The van der Waals surface area contributed by atoms with Crippen LogP contribution in [0.3, 0.4) is 0 Å². The first kappa shape index (κ1) is 22.5. The number of ether oxygens (including phenoxy) is 1. The van der Waals surface area contributed by atoms with Crippen molar-refractivity contribution in [2.75, 3.05) is 30.8 Å². The summed E-state index contributed by atoms with van der Waals surface area (Å²) in [5.41, 5.74) is 3.50. The van der Waals surface area contributed by atoms with E-state index in [2.05, 4.69) is 25.3 Å². The summed E-state index contributed by atoms with van der Waals surface area (Å²) in [5, 5.41) is 6.29. The molecule has 9 heteroatoms. The standard InChI is InChI=1S/C22H27N5O3S/c1-16-4-6-18(7-5-16)15-31(28,29)24-13-12-23-22-25-17(2)14-21(27-22)26-19-8-10-20(30-3)11-9-19/h4-11,14,24H,12-13,15H2,1-3H3,(H2,23,25,26,27). The summed E-state index contributed by atoms with van der Waals surface area (Å²) < 4.78 is 32.3. The zero-order valence-corrected chi connectivity index (χ0v) is 18.7. The van der Waals surface area contributed by atoms with Crippen molar-refractivity contribution in [3.05, 3.63) is 71.4 Å². The van der Waals surface area contributed by atoms with Gasteiger partial charge in [-0.15, -0.1) is 0 Å². The molecule has 2 aromatic carbocycles. The van der Waals surface area contributed by atoms with Gasteiger partial charge in [-0.3, -0.25) is 0 Å². The van der Waals surface area contributed by atoms with Gasteiger partial charge in [0.1, 0.15) is 11.6 Å². The summed E-state index contributed by atoms with van der Waals surface area (Å²) in [4.78, 5) is 8.79. The fourth-order valence-electron chi connectivity index (χ4n) is 2.87. The van der Waals surface area contributed by atoms with Crippen LogP contribution < -0.4 is 20.1 Å². The van der Waals surface area contributed by atoms with Crippen LogP contribution in [0, 0.1) is 13.8 Å². The average Bonchev–Trinajstić information content (AvgIpc) is 2.73. The van der Waals surface area contributed by atoms with Gasteiger partial charge in [0.15, 0.2) is 0 Å². The monoisotopic (exact) mass is 441 g/mol. The molecule has 31 heavy (non-hydrogen) atoms. The first-order chi connectivity index (χ1) is 14.8. The molecule has 0 aliphatic heterocycles. The maximum atomic E-state index is 12.3. The lowest BCUT2D eigenvalue weighted by Gasteiger charge is -2.11. The molecule has 3 aromatic rings. The molecular weight excluding hydrogens is 414 g/mol. The number of hydrogen-bond acceptors (Lipinski definition) is 7. The van der Waals surface area contributed by atoms with Crippen LogP contribution in [0.1, 0.15) is 16.8 Å². The molecule has 0 saturated carbocycles. The van der Waals surface area contributed by atoms with E-state index in [1.807, 2.05) is 68.4 Å². The van der Waals surface area contributed by atoms with Crippen molar-refractivity contribution in [1.29, 1.82) is 0 Å². The molecule has 3 rings (SSSR count). The number of sulfonamides is 1. The van der Waals surface area contributed by atoms with Crippen molar-refractivity contribution in [3.63, 3.8) is 0 Å². The molecular formula is C22H27N5O3S. The van der Waals surface area contributed by atoms with Crippen LogP contribution in [0.25, 0.3) is 0 Å². The third-order valence-corrected chi connectivity index (χ3v) is 5.78. The molecule has 8 nitrogen and oxygen atoms in total. The topological polar surface area (TPSA) is 105 Å². The second-order valence-corrected chi connectivity index (χ2v) is 8.94. The minimum absolute atomic E-state index is 0.0514. The maximum absolute atomic E-state index is 12.3. The summed E-state index contributed by atoms with van der Waals surface area (Å²) in [5.74, 6) is 1.79. The van der Waals surface area contributed by atoms with Gasteiger partial charge in [-0.2, -0.15) is 4.98 Å². The zero-order chi connectivity index (χ0) is 22.3. The average molecular weight is 442 g/mol. The molecule has 164 valence electrons. The molecule has 1 heterocycles. The second kappa shape index (κ2) is 10.2. The van der Waals surface area contributed by atoms with Crippen molar-refractivity contribution in [3.8, 4) is 5.75 Å². The van der Waals surface area contributed by atoms with E-state index in [9.17, 15) is 8.42 Å². The third kappa shape index (κ3) is 7.23. The Hall–Kier alpha value is -3.17. The van der Waals surface area contributed by atoms with Crippen LogP contribution in [0.2, 0.25) is 0 Å². The Kier molecular flexibility index (Phi) is 7.43. The van der Waals surface area contributed by atoms with Gasteiger partial charge in [-0.1, -0.05) is 29.8 Å². The molecule has 0 fully saturated rings. The molecule has 0 atom stereocenters. The Balaban J connectivity index is 1.52. The predicted octanol–water partition coefficient (Wildman–Crippen LogP) is 3.38. The number of nitrogens with zero attached hydrogens (tertiary/aromatic N) is 2. The van der Waals surface area contributed by atoms with Crippen molar-refractivity contribution in [1.82, 2.24) is 14.7 Å². The minimum Gasteiger partial charge on any atom is -0.497 e. The van der Waals surface area contributed by atoms with E-state index in [4.69, 9.17) is 4.74 Å². The van der Waals surface area contributed by atoms with E-state index in [0.29, 0.717) is 18.3 Å². The van der Waals surface area contributed by atoms with Gasteiger partial charge in [0.05, 0.1) is 12.9 Å². The molecule has 0 saturated heterocycles. The maximum Gasteiger partial charge on any atom is 0.224 e. The normalized spacial score (nSPS) is 11.2. The fourth-order valence-corrected chi connectivity index (χ4v) is 4.02. The van der Waals surface area contributed by atoms with Crippen LogP contribution in [-0.4, -0.2) is 38.6 Å². The van der Waals surface area contributed by atoms with E-state index < -0.39 is 10.0 Å². The van der Waals surface area contributed by atoms with Gasteiger partial charge in [0.25, 0.3) is 0 Å². The number of aryl methyl sites for hydroxylation is 2. The van der Waals surface area contributed by atoms with Crippen LogP contribution in [0.5, 0.6) is 5.75 Å². The van der Waals surface area contributed by atoms with Crippen molar-refractivity contribution in [2.24, 2.45) is 0 Å². The highest BCUT2D eigenvalue weighted by molar-refractivity contribution is 7.88. The van der Waals surface area contributed by atoms with E-state index in [0.717, 1.165) is 28.3 Å². The highest BCUT2D eigenvalue weighted by Crippen LogP contribution is 2.20. The number of aromatic nitrogens is 2. The molecule has 3 N–H and O–H groups in total. The summed E-state index contributed by atoms with van der Waals surface area (Å²) >= 11 is 0. The zero-order valence-electron chi connectivity index (χ0n) is 17.8. The number of nitrogens with one attached hydrogen (secondary N) is 3. The lowest BCUT2D eigenvalue weighted by Crippen LogP contribution is -2.30. The van der Waals surface area contributed by atoms with E-state index in [1.54, 1.807) is 7.11 Å². The molecule has 0 unspecified atom stereocenters. The van der Waals surface area contributed by atoms with E-state index in [-0.39, 0.29) is 12.3 Å². The molecule has 0 aliphatic rings. The third-order valence-electron chi connectivity index (χ3n) is 4.42. The summed E-state index contributed by atoms with van der Waals surface area (Å²) in [6, 6.07) is 16.8. The van der Waals surface area contributed by atoms with E-state index >= 15 is 0 Å². The van der Waals surface area contributed by atoms with Crippen LogP contribution in [0.4, 0.5) is 17.5 Å². The lowest BCUT2D eigenvalue weighted by molar-refractivity contribution is 0.415. The Morgan fingerprint density at radius 1 is 0.935 bits per heavy atom. The molecule has 0 amide bonds. The van der Waals surface area contributed by atoms with Gasteiger partial charge in [0.2, 0.25) is 16.0 Å². The smallest absolute Gasteiger partial charge is 0.224 e.